The molecule has 1 atom stereocenters. The number of ether oxygens (including phenoxy) is 1. The zero-order valence-electron chi connectivity index (χ0n) is 16.2. The molecule has 10 nitrogen and oxygen atoms in total. The predicted molar refractivity (Wildman–Crippen MR) is 110 cm³/mol. The van der Waals surface area contributed by atoms with Crippen LogP contribution in [-0.2, 0) is 27.5 Å². The standard InChI is InChI=1S/C18H20N2O8S2/c1-11(13-4-6-14(7-5-13)19-12(2)21)29(24,25)30(26,27)20-15-8-9-16(17(22)10-15)18(23)28-3/h4-11,20,22H,1-3H3,(H,19,21). The fraction of sp³-hybridized carbons (Fsp3) is 0.222. The van der Waals surface area contributed by atoms with E-state index in [-0.39, 0.29) is 22.7 Å². The zero-order valence-corrected chi connectivity index (χ0v) is 17.9. The van der Waals surface area contributed by atoms with Gasteiger partial charge in [0.25, 0.3) is 8.87 Å². The van der Waals surface area contributed by atoms with E-state index in [2.05, 4.69) is 10.1 Å². The minimum atomic E-state index is -4.92. The van der Waals surface area contributed by atoms with Crippen LogP contribution in [0.2, 0.25) is 0 Å². The van der Waals surface area contributed by atoms with Gasteiger partial charge in [-0.05, 0) is 36.8 Å². The summed E-state index contributed by atoms with van der Waals surface area (Å²) in [6, 6.07) is 8.78. The molecule has 2 aromatic carbocycles. The molecule has 0 saturated heterocycles. The predicted octanol–water partition coefficient (Wildman–Crippen LogP) is 1.97. The van der Waals surface area contributed by atoms with Crippen LogP contribution in [0.1, 0.15) is 35.0 Å². The molecule has 0 saturated carbocycles. The van der Waals surface area contributed by atoms with Crippen molar-refractivity contribution in [1.29, 1.82) is 0 Å². The topological polar surface area (TPSA) is 156 Å². The van der Waals surface area contributed by atoms with Crippen molar-refractivity contribution in [2.45, 2.75) is 19.1 Å². The molecule has 0 aliphatic rings. The molecule has 0 aromatic heterocycles. The maximum absolute atomic E-state index is 12.7. The Hall–Kier alpha value is -3.12. The van der Waals surface area contributed by atoms with E-state index in [0.29, 0.717) is 5.69 Å². The molecule has 3 N–H and O–H groups in total. The van der Waals surface area contributed by atoms with Crippen molar-refractivity contribution < 1.29 is 36.3 Å². The van der Waals surface area contributed by atoms with Crippen molar-refractivity contribution in [3.8, 4) is 5.75 Å². The minimum absolute atomic E-state index is 0.193. The number of hydrogen-bond acceptors (Lipinski definition) is 8. The van der Waals surface area contributed by atoms with Gasteiger partial charge in [-0.3, -0.25) is 9.52 Å². The molecule has 0 bridgehead atoms. The molecule has 30 heavy (non-hydrogen) atoms. The van der Waals surface area contributed by atoms with Gasteiger partial charge in [-0.2, -0.15) is 8.42 Å². The van der Waals surface area contributed by atoms with Crippen LogP contribution in [0.15, 0.2) is 42.5 Å². The Balaban J connectivity index is 2.28. The summed E-state index contributed by atoms with van der Waals surface area (Å²) in [5, 5.41) is 10.9. The van der Waals surface area contributed by atoms with Gasteiger partial charge in [0.15, 0.2) is 0 Å². The number of amides is 1. The van der Waals surface area contributed by atoms with E-state index in [9.17, 15) is 31.5 Å². The summed E-state index contributed by atoms with van der Waals surface area (Å²) < 4.78 is 56.7. The number of benzene rings is 2. The molecular formula is C18H20N2O8S2. The Kier molecular flexibility index (Phi) is 6.73. The Morgan fingerprint density at radius 1 is 1.00 bits per heavy atom. The summed E-state index contributed by atoms with van der Waals surface area (Å²) in [4.78, 5) is 22.5. The highest BCUT2D eigenvalue weighted by Gasteiger charge is 2.37. The summed E-state index contributed by atoms with van der Waals surface area (Å²) >= 11 is 0. The molecule has 1 amide bonds. The molecular weight excluding hydrogens is 436 g/mol. The van der Waals surface area contributed by atoms with Gasteiger partial charge in [0.1, 0.15) is 11.3 Å². The third-order valence-electron chi connectivity index (χ3n) is 4.09. The lowest BCUT2D eigenvalue weighted by Crippen LogP contribution is -2.27. The fourth-order valence-corrected chi connectivity index (χ4v) is 5.99. The van der Waals surface area contributed by atoms with Gasteiger partial charge in [0.2, 0.25) is 5.91 Å². The number of methoxy groups -OCH3 is 1. The zero-order chi connectivity index (χ0) is 22.7. The molecule has 0 radical (unpaired) electrons. The maximum Gasteiger partial charge on any atom is 0.341 e. The van der Waals surface area contributed by atoms with Gasteiger partial charge >= 0.3 is 15.0 Å². The van der Waals surface area contributed by atoms with Crippen LogP contribution >= 0.6 is 0 Å². The first-order valence-corrected chi connectivity index (χ1v) is 12.0. The quantitative estimate of drug-likeness (QED) is 0.422. The van der Waals surface area contributed by atoms with Gasteiger partial charge in [0.05, 0.1) is 18.0 Å². The van der Waals surface area contributed by atoms with Crippen molar-refractivity contribution in [2.75, 3.05) is 17.1 Å². The second-order valence-corrected chi connectivity index (χ2v) is 11.7. The molecule has 0 heterocycles. The average Bonchev–Trinajstić information content (AvgIpc) is 2.66. The van der Waals surface area contributed by atoms with E-state index in [1.807, 2.05) is 4.72 Å². The summed E-state index contributed by atoms with van der Waals surface area (Å²) in [7, 11) is -8.58. The highest BCUT2D eigenvalue weighted by molar-refractivity contribution is 8.67. The largest absolute Gasteiger partial charge is 0.507 e. The van der Waals surface area contributed by atoms with E-state index < -0.39 is 34.9 Å². The third kappa shape index (κ3) is 4.89. The first-order valence-electron chi connectivity index (χ1n) is 8.44. The summed E-state index contributed by atoms with van der Waals surface area (Å²) in [5.41, 5.74) is 0.157. The highest BCUT2D eigenvalue weighted by atomic mass is 33.2. The fourth-order valence-electron chi connectivity index (χ4n) is 2.48. The number of aromatic hydroxyl groups is 1. The van der Waals surface area contributed by atoms with E-state index in [4.69, 9.17) is 0 Å². The molecule has 0 fully saturated rings. The van der Waals surface area contributed by atoms with Crippen molar-refractivity contribution in [1.82, 2.24) is 0 Å². The number of hydrogen-bond donors (Lipinski definition) is 3. The molecule has 0 spiro atoms. The Morgan fingerprint density at radius 2 is 1.57 bits per heavy atom. The lowest BCUT2D eigenvalue weighted by atomic mass is 10.1. The van der Waals surface area contributed by atoms with Gasteiger partial charge in [-0.1, -0.05) is 12.1 Å². The average molecular weight is 456 g/mol. The third-order valence-corrected chi connectivity index (χ3v) is 9.27. The number of esters is 1. The van der Waals surface area contributed by atoms with Crippen molar-refractivity contribution in [3.05, 3.63) is 53.6 Å². The Bertz CT molecular complexity index is 1170. The van der Waals surface area contributed by atoms with Crippen LogP contribution < -0.4 is 10.0 Å². The maximum atomic E-state index is 12.7. The van der Waals surface area contributed by atoms with Gasteiger partial charge < -0.3 is 15.2 Å². The smallest absolute Gasteiger partial charge is 0.341 e. The summed E-state index contributed by atoms with van der Waals surface area (Å²) in [5.74, 6) is -1.73. The van der Waals surface area contributed by atoms with Crippen molar-refractivity contribution in [2.24, 2.45) is 0 Å². The molecule has 12 heteroatoms. The molecule has 1 unspecified atom stereocenters. The van der Waals surface area contributed by atoms with Gasteiger partial charge in [-0.25, -0.2) is 13.2 Å². The number of carbonyl (C=O) groups excluding carboxylic acids is 2. The highest BCUT2D eigenvalue weighted by Crippen LogP contribution is 2.30. The monoisotopic (exact) mass is 456 g/mol. The van der Waals surface area contributed by atoms with Crippen molar-refractivity contribution in [3.63, 3.8) is 0 Å². The van der Waals surface area contributed by atoms with Crippen LogP contribution in [0.3, 0.4) is 0 Å². The number of phenols is 1. The number of nitrogens with one attached hydrogen (secondary N) is 2. The van der Waals surface area contributed by atoms with E-state index in [1.54, 1.807) is 0 Å². The van der Waals surface area contributed by atoms with Crippen LogP contribution in [0, 0.1) is 0 Å². The van der Waals surface area contributed by atoms with Gasteiger partial charge in [0, 0.05) is 18.7 Å². The normalized spacial score (nSPS) is 12.6. The summed E-state index contributed by atoms with van der Waals surface area (Å²) in [6.45, 7) is 2.52. The number of carbonyl (C=O) groups is 2. The Morgan fingerprint density at radius 3 is 2.07 bits per heavy atom. The SMILES string of the molecule is COC(=O)c1ccc(NS(=O)(=O)S(=O)(=O)C(C)c2ccc(NC(C)=O)cc2)cc1O. The lowest BCUT2D eigenvalue weighted by Gasteiger charge is -2.16. The van der Waals surface area contributed by atoms with Gasteiger partial charge in [-0.15, -0.1) is 0 Å². The molecule has 162 valence electrons. The minimum Gasteiger partial charge on any atom is -0.507 e. The summed E-state index contributed by atoms with van der Waals surface area (Å²) in [6.07, 6.45) is 0. The van der Waals surface area contributed by atoms with Crippen LogP contribution in [-0.4, -0.2) is 40.9 Å². The number of rotatable bonds is 7. The lowest BCUT2D eigenvalue weighted by molar-refractivity contribution is -0.114. The van der Waals surface area contributed by atoms with E-state index in [0.717, 1.165) is 25.3 Å². The molecule has 2 aromatic rings. The second kappa shape index (κ2) is 8.71. The first-order chi connectivity index (χ1) is 13.9. The molecule has 2 rings (SSSR count). The van der Waals surface area contributed by atoms with Crippen molar-refractivity contribution >= 4 is 41.2 Å². The molecule has 0 aliphatic carbocycles. The van der Waals surface area contributed by atoms with E-state index >= 15 is 0 Å². The van der Waals surface area contributed by atoms with Crippen LogP contribution in [0.4, 0.5) is 11.4 Å². The number of anilines is 2. The Labute approximate surface area is 173 Å². The first kappa shape index (κ1) is 23.2. The molecule has 0 aliphatic heterocycles. The second-order valence-electron chi connectivity index (χ2n) is 6.22. The van der Waals surface area contributed by atoms with Crippen LogP contribution in [0.5, 0.6) is 5.75 Å². The number of phenolic OH excluding ortho intramolecular Hbond substituents is 1. The van der Waals surface area contributed by atoms with Crippen LogP contribution in [0.25, 0.3) is 0 Å². The van der Waals surface area contributed by atoms with E-state index in [1.165, 1.54) is 38.1 Å².